The first-order valence-electron chi connectivity index (χ1n) is 5.49. The Morgan fingerprint density at radius 3 is 2.76 bits per heavy atom. The Balaban J connectivity index is 2.16. The Morgan fingerprint density at radius 1 is 1.35 bits per heavy atom. The first-order valence-corrected chi connectivity index (χ1v) is 6.37. The van der Waals surface area contributed by atoms with Crippen LogP contribution in [0.5, 0.6) is 0 Å². The van der Waals surface area contributed by atoms with Gasteiger partial charge in [0.2, 0.25) is 0 Å². The molecule has 1 aromatic carbocycles. The Kier molecular flexibility index (Phi) is 3.86. The van der Waals surface area contributed by atoms with Gasteiger partial charge in [-0.05, 0) is 18.7 Å². The number of nitriles is 1. The fourth-order valence-electron chi connectivity index (χ4n) is 1.47. The van der Waals surface area contributed by atoms with Crippen molar-refractivity contribution in [2.45, 2.75) is 13.5 Å². The van der Waals surface area contributed by atoms with Crippen LogP contribution in [0.15, 0.2) is 29.6 Å². The molecule has 2 rings (SSSR count). The van der Waals surface area contributed by atoms with E-state index >= 15 is 0 Å². The molecule has 0 aliphatic heterocycles. The molecule has 4 heteroatoms. The molecule has 0 aliphatic carbocycles. The largest absolute Gasteiger partial charge is 0.311 e. The molecule has 0 unspecified atom stereocenters. The molecule has 1 aromatic heterocycles. The minimum Gasteiger partial charge on any atom is -0.311 e. The van der Waals surface area contributed by atoms with E-state index in [4.69, 9.17) is 5.26 Å². The zero-order chi connectivity index (χ0) is 12.1. The summed E-state index contributed by atoms with van der Waals surface area (Å²) in [6.45, 7) is 3.85. The average Bonchev–Trinajstić information content (AvgIpc) is 2.85. The highest BCUT2D eigenvalue weighted by atomic mass is 32.1. The molecule has 1 N–H and O–H groups in total. The van der Waals surface area contributed by atoms with Gasteiger partial charge in [-0.3, -0.25) is 0 Å². The third-order valence-electron chi connectivity index (χ3n) is 2.39. The molecule has 0 saturated carbocycles. The molecule has 0 atom stereocenters. The van der Waals surface area contributed by atoms with Gasteiger partial charge < -0.3 is 5.32 Å². The van der Waals surface area contributed by atoms with Crippen molar-refractivity contribution in [3.63, 3.8) is 0 Å². The Morgan fingerprint density at radius 2 is 2.12 bits per heavy atom. The van der Waals surface area contributed by atoms with Crippen molar-refractivity contribution in [2.24, 2.45) is 0 Å². The van der Waals surface area contributed by atoms with Gasteiger partial charge in [-0.1, -0.05) is 19.1 Å². The van der Waals surface area contributed by atoms with Gasteiger partial charge >= 0.3 is 0 Å². The average molecular weight is 243 g/mol. The Labute approximate surface area is 105 Å². The Bertz CT molecular complexity index is 522. The lowest BCUT2D eigenvalue weighted by Crippen LogP contribution is -2.11. The van der Waals surface area contributed by atoms with Crippen LogP contribution in [0.4, 0.5) is 0 Å². The second-order valence-corrected chi connectivity index (χ2v) is 4.54. The van der Waals surface area contributed by atoms with E-state index in [1.807, 2.05) is 29.6 Å². The van der Waals surface area contributed by atoms with Crippen LogP contribution >= 0.6 is 11.3 Å². The van der Waals surface area contributed by atoms with Crippen LogP contribution in [-0.2, 0) is 6.54 Å². The Hall–Kier alpha value is -1.70. The molecule has 86 valence electrons. The molecular formula is C13H13N3S. The summed E-state index contributed by atoms with van der Waals surface area (Å²) in [5, 5.41) is 15.1. The van der Waals surface area contributed by atoms with Gasteiger partial charge in [-0.25, -0.2) is 4.98 Å². The van der Waals surface area contributed by atoms with E-state index in [9.17, 15) is 0 Å². The minimum absolute atomic E-state index is 0.678. The van der Waals surface area contributed by atoms with Crippen molar-refractivity contribution in [2.75, 3.05) is 6.54 Å². The molecule has 2 aromatic rings. The summed E-state index contributed by atoms with van der Waals surface area (Å²) < 4.78 is 0. The van der Waals surface area contributed by atoms with Crippen LogP contribution in [0.2, 0.25) is 0 Å². The summed E-state index contributed by atoms with van der Waals surface area (Å²) in [6.07, 6.45) is 0. The molecule has 0 amide bonds. The lowest BCUT2D eigenvalue weighted by atomic mass is 10.1. The number of hydrogen-bond acceptors (Lipinski definition) is 4. The normalized spacial score (nSPS) is 10.1. The van der Waals surface area contributed by atoms with Crippen molar-refractivity contribution >= 4 is 11.3 Å². The van der Waals surface area contributed by atoms with Gasteiger partial charge in [-0.2, -0.15) is 5.26 Å². The van der Waals surface area contributed by atoms with E-state index in [-0.39, 0.29) is 0 Å². The minimum atomic E-state index is 0.678. The number of nitrogens with zero attached hydrogens (tertiary/aromatic N) is 2. The maximum atomic E-state index is 8.73. The van der Waals surface area contributed by atoms with Gasteiger partial charge in [0.25, 0.3) is 0 Å². The maximum Gasteiger partial charge on any atom is 0.107 e. The van der Waals surface area contributed by atoms with E-state index in [1.165, 1.54) is 0 Å². The second-order valence-electron chi connectivity index (χ2n) is 3.60. The van der Waals surface area contributed by atoms with Crippen molar-refractivity contribution in [1.29, 1.82) is 5.26 Å². The zero-order valence-electron chi connectivity index (χ0n) is 9.60. The molecule has 0 radical (unpaired) electrons. The second kappa shape index (κ2) is 5.58. The maximum absolute atomic E-state index is 8.73. The summed E-state index contributed by atoms with van der Waals surface area (Å²) >= 11 is 1.66. The van der Waals surface area contributed by atoms with Crippen molar-refractivity contribution in [1.82, 2.24) is 10.3 Å². The van der Waals surface area contributed by atoms with Crippen LogP contribution in [-0.4, -0.2) is 11.5 Å². The summed E-state index contributed by atoms with van der Waals surface area (Å²) in [5.74, 6) is 0. The van der Waals surface area contributed by atoms with E-state index in [1.54, 1.807) is 11.3 Å². The number of aromatic nitrogens is 1. The highest BCUT2D eigenvalue weighted by molar-refractivity contribution is 7.09. The van der Waals surface area contributed by atoms with Crippen LogP contribution in [0.3, 0.4) is 0 Å². The molecule has 0 aliphatic rings. The zero-order valence-corrected chi connectivity index (χ0v) is 10.4. The summed E-state index contributed by atoms with van der Waals surface area (Å²) in [5.41, 5.74) is 2.72. The number of nitrogens with one attached hydrogen (secondary N) is 1. The number of rotatable bonds is 4. The number of benzene rings is 1. The number of thiazole rings is 1. The van der Waals surface area contributed by atoms with Crippen LogP contribution in [0, 0.1) is 11.3 Å². The van der Waals surface area contributed by atoms with Crippen LogP contribution < -0.4 is 5.32 Å². The molecule has 3 nitrogen and oxygen atoms in total. The first-order chi connectivity index (χ1) is 8.33. The van der Waals surface area contributed by atoms with Crippen molar-refractivity contribution in [3.05, 3.63) is 40.2 Å². The summed E-state index contributed by atoms with van der Waals surface area (Å²) in [4.78, 5) is 4.55. The third kappa shape index (κ3) is 2.90. The van der Waals surface area contributed by atoms with Gasteiger partial charge in [-0.15, -0.1) is 11.3 Å². The SMILES string of the molecule is CCNCc1nc(-c2ccc(C#N)cc2)cs1. The highest BCUT2D eigenvalue weighted by Gasteiger charge is 2.04. The van der Waals surface area contributed by atoms with Crippen LogP contribution in [0.25, 0.3) is 11.3 Å². The van der Waals surface area contributed by atoms with E-state index in [0.29, 0.717) is 5.56 Å². The predicted octanol–water partition coefficient (Wildman–Crippen LogP) is 2.79. The van der Waals surface area contributed by atoms with Gasteiger partial charge in [0.1, 0.15) is 5.01 Å². The van der Waals surface area contributed by atoms with Gasteiger partial charge in [0.05, 0.1) is 17.3 Å². The monoisotopic (exact) mass is 243 g/mol. The van der Waals surface area contributed by atoms with E-state index in [0.717, 1.165) is 29.4 Å². The lowest BCUT2D eigenvalue weighted by Gasteiger charge is -1.97. The van der Waals surface area contributed by atoms with Gasteiger partial charge in [0, 0.05) is 17.5 Å². The third-order valence-corrected chi connectivity index (χ3v) is 3.24. The fraction of sp³-hybridized carbons (Fsp3) is 0.231. The topological polar surface area (TPSA) is 48.7 Å². The molecule has 17 heavy (non-hydrogen) atoms. The summed E-state index contributed by atoms with van der Waals surface area (Å²) in [7, 11) is 0. The van der Waals surface area contributed by atoms with Crippen molar-refractivity contribution in [3.8, 4) is 17.3 Å². The molecule has 0 saturated heterocycles. The van der Waals surface area contributed by atoms with E-state index in [2.05, 4.69) is 23.3 Å². The van der Waals surface area contributed by atoms with Crippen molar-refractivity contribution < 1.29 is 0 Å². The molecule has 0 bridgehead atoms. The van der Waals surface area contributed by atoms with Crippen LogP contribution in [0.1, 0.15) is 17.5 Å². The fourth-order valence-corrected chi connectivity index (χ4v) is 2.25. The van der Waals surface area contributed by atoms with E-state index < -0.39 is 0 Å². The quantitative estimate of drug-likeness (QED) is 0.898. The standard InChI is InChI=1S/C13H13N3S/c1-2-15-8-13-16-12(9-17-13)11-5-3-10(7-14)4-6-11/h3-6,9,15H,2,8H2,1H3. The lowest BCUT2D eigenvalue weighted by molar-refractivity contribution is 0.723. The molecule has 1 heterocycles. The molecule has 0 spiro atoms. The molecule has 0 fully saturated rings. The smallest absolute Gasteiger partial charge is 0.107 e. The molecular weight excluding hydrogens is 230 g/mol. The highest BCUT2D eigenvalue weighted by Crippen LogP contribution is 2.22. The number of hydrogen-bond donors (Lipinski definition) is 1. The first kappa shape index (κ1) is 11.8. The van der Waals surface area contributed by atoms with Gasteiger partial charge in [0.15, 0.2) is 0 Å². The predicted molar refractivity (Wildman–Crippen MR) is 69.6 cm³/mol. The summed E-state index contributed by atoms with van der Waals surface area (Å²) in [6, 6.07) is 9.62.